The topological polar surface area (TPSA) is 6.48 Å². The molecule has 84 valence electrons. The Kier molecular flexibility index (Phi) is 4.05. The van der Waals surface area contributed by atoms with Crippen LogP contribution in [0, 0.1) is 12.3 Å². The van der Waals surface area contributed by atoms with Crippen molar-refractivity contribution in [1.82, 2.24) is 9.80 Å². The van der Waals surface area contributed by atoms with Crippen LogP contribution < -0.4 is 0 Å². The third-order valence-corrected chi connectivity index (χ3v) is 3.78. The highest BCUT2D eigenvalue weighted by atomic mass is 15.2. The minimum Gasteiger partial charge on any atom is -0.300 e. The summed E-state index contributed by atoms with van der Waals surface area (Å²) in [6.45, 7) is 5.91. The van der Waals surface area contributed by atoms with E-state index in [-0.39, 0.29) is 0 Å². The van der Waals surface area contributed by atoms with Gasteiger partial charge in [0.05, 0.1) is 6.54 Å². The molecule has 0 atom stereocenters. The van der Waals surface area contributed by atoms with Crippen molar-refractivity contribution < 1.29 is 0 Å². The summed E-state index contributed by atoms with van der Waals surface area (Å²) in [5.74, 6) is 2.74. The predicted molar refractivity (Wildman–Crippen MR) is 63.7 cm³/mol. The summed E-state index contributed by atoms with van der Waals surface area (Å²) >= 11 is 0. The fourth-order valence-electron chi connectivity index (χ4n) is 2.86. The zero-order valence-corrected chi connectivity index (χ0v) is 9.62. The molecule has 15 heavy (non-hydrogen) atoms. The number of piperidine rings is 2. The molecule has 0 aromatic heterocycles. The van der Waals surface area contributed by atoms with E-state index in [1.54, 1.807) is 0 Å². The van der Waals surface area contributed by atoms with E-state index in [0.29, 0.717) is 0 Å². The van der Waals surface area contributed by atoms with Gasteiger partial charge < -0.3 is 4.90 Å². The van der Waals surface area contributed by atoms with Gasteiger partial charge >= 0.3 is 0 Å². The van der Waals surface area contributed by atoms with Gasteiger partial charge in [-0.15, -0.1) is 6.42 Å². The number of hydrogen-bond acceptors (Lipinski definition) is 2. The molecule has 2 heteroatoms. The van der Waals surface area contributed by atoms with Crippen molar-refractivity contribution >= 4 is 0 Å². The van der Waals surface area contributed by atoms with E-state index in [4.69, 9.17) is 6.42 Å². The van der Waals surface area contributed by atoms with Crippen molar-refractivity contribution in [2.45, 2.75) is 38.1 Å². The molecule has 0 aromatic rings. The molecule has 2 heterocycles. The SMILES string of the molecule is C#CCN1CCC(N2CCCCC2)CC1. The van der Waals surface area contributed by atoms with Crippen LogP contribution in [0.5, 0.6) is 0 Å². The van der Waals surface area contributed by atoms with Crippen LogP contribution in [0.15, 0.2) is 0 Å². The largest absolute Gasteiger partial charge is 0.300 e. The minimum atomic E-state index is 0.840. The Bertz CT molecular complexity index is 217. The molecular weight excluding hydrogens is 184 g/mol. The number of terminal acetylenes is 1. The van der Waals surface area contributed by atoms with Gasteiger partial charge in [0.2, 0.25) is 0 Å². The molecule has 0 bridgehead atoms. The minimum absolute atomic E-state index is 0.840. The molecule has 0 saturated carbocycles. The summed E-state index contributed by atoms with van der Waals surface area (Å²) in [5.41, 5.74) is 0. The van der Waals surface area contributed by atoms with Crippen molar-refractivity contribution in [2.75, 3.05) is 32.7 Å². The van der Waals surface area contributed by atoms with Gasteiger partial charge in [0.15, 0.2) is 0 Å². The molecule has 0 N–H and O–H groups in total. The van der Waals surface area contributed by atoms with E-state index in [9.17, 15) is 0 Å². The molecule has 0 aliphatic carbocycles. The zero-order chi connectivity index (χ0) is 10.5. The second kappa shape index (κ2) is 5.53. The van der Waals surface area contributed by atoms with Crippen LogP contribution in [-0.2, 0) is 0 Å². The van der Waals surface area contributed by atoms with Crippen molar-refractivity contribution in [1.29, 1.82) is 0 Å². The van der Waals surface area contributed by atoms with Crippen molar-refractivity contribution in [3.05, 3.63) is 0 Å². The Morgan fingerprint density at radius 2 is 1.67 bits per heavy atom. The smallest absolute Gasteiger partial charge is 0.0598 e. The second-order valence-electron chi connectivity index (χ2n) is 4.81. The van der Waals surface area contributed by atoms with Gasteiger partial charge in [-0.25, -0.2) is 0 Å². The monoisotopic (exact) mass is 206 g/mol. The van der Waals surface area contributed by atoms with E-state index in [2.05, 4.69) is 15.7 Å². The first-order chi connectivity index (χ1) is 7.40. The maximum Gasteiger partial charge on any atom is 0.0598 e. The summed E-state index contributed by atoms with van der Waals surface area (Å²) in [7, 11) is 0. The van der Waals surface area contributed by atoms with Crippen LogP contribution in [0.4, 0.5) is 0 Å². The highest BCUT2D eigenvalue weighted by Gasteiger charge is 2.24. The first kappa shape index (κ1) is 11.0. The number of rotatable bonds is 2. The lowest BCUT2D eigenvalue weighted by atomic mass is 10.00. The molecule has 2 saturated heterocycles. The van der Waals surface area contributed by atoms with Crippen molar-refractivity contribution in [3.8, 4) is 12.3 Å². The molecule has 2 aliphatic rings. The maximum atomic E-state index is 5.33. The first-order valence-electron chi connectivity index (χ1n) is 6.30. The lowest BCUT2D eigenvalue weighted by molar-refractivity contribution is 0.0982. The lowest BCUT2D eigenvalue weighted by Gasteiger charge is -2.39. The summed E-state index contributed by atoms with van der Waals surface area (Å²) in [6.07, 6.45) is 12.2. The van der Waals surface area contributed by atoms with Gasteiger partial charge in [0.1, 0.15) is 0 Å². The highest BCUT2D eigenvalue weighted by molar-refractivity contribution is 4.91. The van der Waals surface area contributed by atoms with E-state index < -0.39 is 0 Å². The molecule has 0 unspecified atom stereocenters. The fourth-order valence-corrected chi connectivity index (χ4v) is 2.86. The first-order valence-corrected chi connectivity index (χ1v) is 6.30. The summed E-state index contributed by atoms with van der Waals surface area (Å²) in [6, 6.07) is 0.847. The average Bonchev–Trinajstić information content (AvgIpc) is 2.32. The predicted octanol–water partition coefficient (Wildman–Crippen LogP) is 1.57. The number of nitrogens with zero attached hydrogens (tertiary/aromatic N) is 2. The Balaban J connectivity index is 1.75. The Morgan fingerprint density at radius 1 is 1.00 bits per heavy atom. The highest BCUT2D eigenvalue weighted by Crippen LogP contribution is 2.20. The van der Waals surface area contributed by atoms with Crippen LogP contribution >= 0.6 is 0 Å². The summed E-state index contributed by atoms with van der Waals surface area (Å²) in [4.78, 5) is 5.11. The van der Waals surface area contributed by atoms with Crippen LogP contribution in [0.1, 0.15) is 32.1 Å². The molecule has 2 aliphatic heterocycles. The van der Waals surface area contributed by atoms with E-state index in [1.807, 2.05) is 0 Å². The molecule has 2 nitrogen and oxygen atoms in total. The number of likely N-dealkylation sites (tertiary alicyclic amines) is 2. The van der Waals surface area contributed by atoms with E-state index >= 15 is 0 Å². The maximum absolute atomic E-state index is 5.33. The van der Waals surface area contributed by atoms with Crippen LogP contribution in [-0.4, -0.2) is 48.6 Å². The van der Waals surface area contributed by atoms with Crippen molar-refractivity contribution in [2.24, 2.45) is 0 Å². The van der Waals surface area contributed by atoms with E-state index in [0.717, 1.165) is 12.6 Å². The van der Waals surface area contributed by atoms with Crippen molar-refractivity contribution in [3.63, 3.8) is 0 Å². The zero-order valence-electron chi connectivity index (χ0n) is 9.62. The quantitative estimate of drug-likeness (QED) is 0.633. The fraction of sp³-hybridized carbons (Fsp3) is 0.846. The van der Waals surface area contributed by atoms with Gasteiger partial charge in [0, 0.05) is 19.1 Å². The van der Waals surface area contributed by atoms with Gasteiger partial charge in [-0.2, -0.15) is 0 Å². The molecule has 0 radical (unpaired) electrons. The molecule has 0 spiro atoms. The van der Waals surface area contributed by atoms with Crippen LogP contribution in [0.2, 0.25) is 0 Å². The summed E-state index contributed by atoms with van der Waals surface area (Å²) < 4.78 is 0. The molecule has 0 aromatic carbocycles. The normalized spacial score (nSPS) is 26.3. The average molecular weight is 206 g/mol. The summed E-state index contributed by atoms with van der Waals surface area (Å²) in [5, 5.41) is 0. The molecular formula is C13H22N2. The standard InChI is InChI=1S/C13H22N2/c1-2-8-14-11-6-13(7-12-14)15-9-4-3-5-10-15/h1,13H,3-12H2. The lowest BCUT2D eigenvalue weighted by Crippen LogP contribution is -2.46. The van der Waals surface area contributed by atoms with Crippen LogP contribution in [0.25, 0.3) is 0 Å². The second-order valence-corrected chi connectivity index (χ2v) is 4.81. The Morgan fingerprint density at radius 3 is 2.27 bits per heavy atom. The Labute approximate surface area is 93.6 Å². The third kappa shape index (κ3) is 2.96. The molecule has 0 amide bonds. The number of hydrogen-bond donors (Lipinski definition) is 0. The van der Waals surface area contributed by atoms with Gasteiger partial charge in [-0.1, -0.05) is 12.3 Å². The Hall–Kier alpha value is -0.520. The van der Waals surface area contributed by atoms with Gasteiger partial charge in [-0.3, -0.25) is 4.90 Å². The third-order valence-electron chi connectivity index (χ3n) is 3.78. The van der Waals surface area contributed by atoms with E-state index in [1.165, 1.54) is 58.3 Å². The molecule has 2 fully saturated rings. The van der Waals surface area contributed by atoms with Gasteiger partial charge in [0.25, 0.3) is 0 Å². The van der Waals surface area contributed by atoms with Gasteiger partial charge in [-0.05, 0) is 38.8 Å². The van der Waals surface area contributed by atoms with Crippen LogP contribution in [0.3, 0.4) is 0 Å². The molecule has 2 rings (SSSR count).